The summed E-state index contributed by atoms with van der Waals surface area (Å²) in [5.41, 5.74) is 0. The molecule has 2 aromatic rings. The minimum absolute atomic E-state index is 0. The molecule has 144 valence electrons. The number of aryl methyl sites for hydroxylation is 1. The van der Waals surface area contributed by atoms with Gasteiger partial charge in [0.1, 0.15) is 18.7 Å². The van der Waals surface area contributed by atoms with Crippen molar-refractivity contribution < 1.29 is 4.79 Å². The molecular formula is C16H26IN7OS. The highest BCUT2D eigenvalue weighted by atomic mass is 127. The molecule has 0 saturated carbocycles. The number of likely N-dealkylation sites (N-methyl/N-ethyl adjacent to an activating group) is 1. The van der Waals surface area contributed by atoms with Crippen LogP contribution in [0, 0.1) is 0 Å². The van der Waals surface area contributed by atoms with Gasteiger partial charge in [-0.05, 0) is 11.4 Å². The fourth-order valence-electron chi connectivity index (χ4n) is 2.08. The van der Waals surface area contributed by atoms with E-state index in [4.69, 9.17) is 0 Å². The smallest absolute Gasteiger partial charge is 0.243 e. The Hall–Kier alpha value is -1.69. The second kappa shape index (κ2) is 11.8. The summed E-state index contributed by atoms with van der Waals surface area (Å²) in [4.78, 5) is 18.9. The lowest BCUT2D eigenvalue weighted by atomic mass is 10.4. The van der Waals surface area contributed by atoms with E-state index in [1.165, 1.54) is 9.78 Å². The number of nitrogens with zero attached hydrogens (tertiary/aromatic N) is 5. The molecule has 2 rings (SSSR count). The molecular weight excluding hydrogens is 465 g/mol. The van der Waals surface area contributed by atoms with Gasteiger partial charge in [-0.3, -0.25) is 4.79 Å². The molecule has 2 heterocycles. The van der Waals surface area contributed by atoms with E-state index in [1.54, 1.807) is 31.8 Å². The number of amides is 1. The molecule has 0 aromatic carbocycles. The Balaban J connectivity index is 0.00000338. The van der Waals surface area contributed by atoms with E-state index in [2.05, 4.69) is 38.8 Å². The van der Waals surface area contributed by atoms with Crippen molar-refractivity contribution in [2.24, 2.45) is 4.99 Å². The van der Waals surface area contributed by atoms with E-state index in [1.807, 2.05) is 16.0 Å². The standard InChI is InChI=1S/C16H25N7OS.HI/c1-4-14-21-20-12-23(14)8-7-17-16(19-11-15(24)22(2)3)18-10-13-6-5-9-25-13;/h5-6,9,12H,4,7-8,10-11H2,1-3H3,(H2,17,18,19);1H. The van der Waals surface area contributed by atoms with Crippen LogP contribution in [0.2, 0.25) is 0 Å². The monoisotopic (exact) mass is 491 g/mol. The van der Waals surface area contributed by atoms with Crippen LogP contribution in [0.1, 0.15) is 17.6 Å². The maximum atomic E-state index is 11.8. The molecule has 0 bridgehead atoms. The molecule has 0 aliphatic heterocycles. The maximum absolute atomic E-state index is 11.8. The van der Waals surface area contributed by atoms with Crippen molar-refractivity contribution in [1.82, 2.24) is 30.3 Å². The van der Waals surface area contributed by atoms with Crippen LogP contribution in [0.5, 0.6) is 0 Å². The molecule has 2 N–H and O–H groups in total. The van der Waals surface area contributed by atoms with E-state index in [0.29, 0.717) is 19.0 Å². The highest BCUT2D eigenvalue weighted by Gasteiger charge is 2.06. The number of carbonyl (C=O) groups is 1. The molecule has 0 spiro atoms. The van der Waals surface area contributed by atoms with Gasteiger partial charge in [-0.15, -0.1) is 45.5 Å². The molecule has 10 heteroatoms. The second-order valence-electron chi connectivity index (χ2n) is 5.61. The summed E-state index contributed by atoms with van der Waals surface area (Å²) in [6, 6.07) is 4.07. The summed E-state index contributed by atoms with van der Waals surface area (Å²) in [5, 5.41) is 16.6. The van der Waals surface area contributed by atoms with Crippen molar-refractivity contribution in [2.75, 3.05) is 27.2 Å². The quantitative estimate of drug-likeness (QED) is 0.331. The lowest BCUT2D eigenvalue weighted by Gasteiger charge is -2.14. The zero-order valence-corrected chi connectivity index (χ0v) is 18.5. The fourth-order valence-corrected chi connectivity index (χ4v) is 2.73. The number of carbonyl (C=O) groups excluding carboxylic acids is 1. The first kappa shape index (κ1) is 22.4. The van der Waals surface area contributed by atoms with E-state index < -0.39 is 0 Å². The molecule has 0 aliphatic rings. The number of thiophene rings is 1. The van der Waals surface area contributed by atoms with E-state index in [0.717, 1.165) is 18.8 Å². The van der Waals surface area contributed by atoms with Crippen LogP contribution in [0.3, 0.4) is 0 Å². The average molecular weight is 491 g/mol. The Morgan fingerprint density at radius 2 is 2.19 bits per heavy atom. The van der Waals surface area contributed by atoms with Gasteiger partial charge in [0.05, 0.1) is 6.54 Å². The van der Waals surface area contributed by atoms with Crippen molar-refractivity contribution in [3.63, 3.8) is 0 Å². The molecule has 1 amide bonds. The second-order valence-corrected chi connectivity index (χ2v) is 6.64. The third-order valence-electron chi connectivity index (χ3n) is 3.54. The van der Waals surface area contributed by atoms with Gasteiger partial charge in [0.25, 0.3) is 0 Å². The molecule has 0 aliphatic carbocycles. The van der Waals surface area contributed by atoms with Crippen LogP contribution in [-0.4, -0.2) is 58.7 Å². The Labute approximate surface area is 175 Å². The summed E-state index contributed by atoms with van der Waals surface area (Å²) in [6.45, 7) is 4.23. The number of halogens is 1. The van der Waals surface area contributed by atoms with Gasteiger partial charge in [0.2, 0.25) is 5.91 Å². The lowest BCUT2D eigenvalue weighted by molar-refractivity contribution is -0.127. The minimum atomic E-state index is -0.0377. The SMILES string of the molecule is CCc1nncn1CCNC(=NCC(=O)N(C)C)NCc1cccs1.I. The topological polar surface area (TPSA) is 87.4 Å². The summed E-state index contributed by atoms with van der Waals surface area (Å²) >= 11 is 1.68. The van der Waals surface area contributed by atoms with Crippen molar-refractivity contribution in [3.05, 3.63) is 34.5 Å². The largest absolute Gasteiger partial charge is 0.355 e. The van der Waals surface area contributed by atoms with Crippen molar-refractivity contribution in [2.45, 2.75) is 26.4 Å². The van der Waals surface area contributed by atoms with Crippen LogP contribution in [0.4, 0.5) is 0 Å². The van der Waals surface area contributed by atoms with Crippen LogP contribution >= 0.6 is 35.3 Å². The number of nitrogens with one attached hydrogen (secondary N) is 2. The highest BCUT2D eigenvalue weighted by Crippen LogP contribution is 2.07. The molecule has 0 atom stereocenters. The molecule has 0 fully saturated rings. The fraction of sp³-hybridized carbons (Fsp3) is 0.500. The molecule has 0 saturated heterocycles. The first-order valence-corrected chi connectivity index (χ1v) is 9.09. The predicted octanol–water partition coefficient (Wildman–Crippen LogP) is 1.34. The number of aliphatic imine (C=N–C) groups is 1. The van der Waals surface area contributed by atoms with E-state index in [9.17, 15) is 4.79 Å². The van der Waals surface area contributed by atoms with Crippen molar-refractivity contribution in [1.29, 1.82) is 0 Å². The predicted molar refractivity (Wildman–Crippen MR) is 115 cm³/mol. The zero-order chi connectivity index (χ0) is 18.1. The third-order valence-corrected chi connectivity index (χ3v) is 4.41. The molecule has 26 heavy (non-hydrogen) atoms. The Kier molecular flexibility index (Phi) is 10.2. The van der Waals surface area contributed by atoms with Crippen LogP contribution < -0.4 is 10.6 Å². The van der Waals surface area contributed by atoms with Crippen molar-refractivity contribution in [3.8, 4) is 0 Å². The van der Waals surface area contributed by atoms with Crippen molar-refractivity contribution >= 4 is 47.2 Å². The van der Waals surface area contributed by atoms with Crippen LogP contribution in [0.15, 0.2) is 28.8 Å². The van der Waals surface area contributed by atoms with Gasteiger partial charge in [-0.2, -0.15) is 0 Å². The third kappa shape index (κ3) is 7.28. The minimum Gasteiger partial charge on any atom is -0.355 e. The summed E-state index contributed by atoms with van der Waals surface area (Å²) < 4.78 is 2.01. The lowest BCUT2D eigenvalue weighted by Crippen LogP contribution is -2.39. The number of guanidine groups is 1. The van der Waals surface area contributed by atoms with E-state index >= 15 is 0 Å². The van der Waals surface area contributed by atoms with E-state index in [-0.39, 0.29) is 36.4 Å². The van der Waals surface area contributed by atoms with Gasteiger partial charge < -0.3 is 20.1 Å². The van der Waals surface area contributed by atoms with Crippen LogP contribution in [-0.2, 0) is 24.3 Å². The highest BCUT2D eigenvalue weighted by molar-refractivity contribution is 14.0. The number of aromatic nitrogens is 3. The molecule has 2 aromatic heterocycles. The summed E-state index contributed by atoms with van der Waals surface area (Å²) in [7, 11) is 3.45. The van der Waals surface area contributed by atoms with Crippen LogP contribution in [0.25, 0.3) is 0 Å². The molecule has 0 unspecified atom stereocenters. The molecule has 0 radical (unpaired) electrons. The van der Waals surface area contributed by atoms with Gasteiger partial charge in [-0.1, -0.05) is 13.0 Å². The van der Waals surface area contributed by atoms with Gasteiger partial charge in [0, 0.05) is 38.5 Å². The number of hydrogen-bond acceptors (Lipinski definition) is 5. The summed E-state index contributed by atoms with van der Waals surface area (Å²) in [6.07, 6.45) is 2.57. The van der Waals surface area contributed by atoms with Gasteiger partial charge in [0.15, 0.2) is 5.96 Å². The first-order valence-electron chi connectivity index (χ1n) is 8.21. The normalized spacial score (nSPS) is 11.0. The molecule has 8 nitrogen and oxygen atoms in total. The number of rotatable bonds is 8. The zero-order valence-electron chi connectivity index (χ0n) is 15.3. The van der Waals surface area contributed by atoms with Gasteiger partial charge >= 0.3 is 0 Å². The Morgan fingerprint density at radius 1 is 1.38 bits per heavy atom. The number of hydrogen-bond donors (Lipinski definition) is 2. The van der Waals surface area contributed by atoms with Gasteiger partial charge in [-0.25, -0.2) is 4.99 Å². The Bertz CT molecular complexity index is 685. The summed E-state index contributed by atoms with van der Waals surface area (Å²) in [5.74, 6) is 1.54. The average Bonchev–Trinajstić information content (AvgIpc) is 3.27. The Morgan fingerprint density at radius 3 is 2.85 bits per heavy atom. The maximum Gasteiger partial charge on any atom is 0.243 e. The first-order chi connectivity index (χ1) is 12.1.